The van der Waals surface area contributed by atoms with E-state index in [9.17, 15) is 4.79 Å². The lowest BCUT2D eigenvalue weighted by atomic mass is 10.0. The molecule has 1 atom stereocenters. The van der Waals surface area contributed by atoms with Gasteiger partial charge in [0, 0.05) is 13.1 Å². The molecular formula is C21H28N2O. The van der Waals surface area contributed by atoms with Gasteiger partial charge in [-0.2, -0.15) is 0 Å². The van der Waals surface area contributed by atoms with Crippen LogP contribution in [-0.2, 0) is 17.9 Å². The van der Waals surface area contributed by atoms with Crippen LogP contribution in [-0.4, -0.2) is 23.9 Å². The third-order valence-electron chi connectivity index (χ3n) is 4.43. The van der Waals surface area contributed by atoms with Crippen molar-refractivity contribution in [2.45, 2.75) is 45.8 Å². The monoisotopic (exact) mass is 324 g/mol. The van der Waals surface area contributed by atoms with Gasteiger partial charge in [-0.25, -0.2) is 0 Å². The third kappa shape index (κ3) is 5.20. The highest BCUT2D eigenvalue weighted by molar-refractivity contribution is 5.81. The summed E-state index contributed by atoms with van der Waals surface area (Å²) in [5.41, 5.74) is 3.68. The smallest absolute Gasteiger partial charge is 0.237 e. The van der Waals surface area contributed by atoms with Crippen molar-refractivity contribution in [1.82, 2.24) is 10.2 Å². The summed E-state index contributed by atoms with van der Waals surface area (Å²) < 4.78 is 0. The molecule has 0 radical (unpaired) electrons. The fourth-order valence-corrected chi connectivity index (χ4v) is 2.57. The Kier molecular flexibility index (Phi) is 6.56. The molecule has 1 N–H and O–H groups in total. The van der Waals surface area contributed by atoms with Crippen LogP contribution in [0.2, 0.25) is 0 Å². The van der Waals surface area contributed by atoms with Crippen LogP contribution < -0.4 is 5.32 Å². The Labute approximate surface area is 145 Å². The summed E-state index contributed by atoms with van der Waals surface area (Å²) in [5, 5.41) is 3.01. The molecular weight excluding hydrogens is 296 g/mol. The van der Waals surface area contributed by atoms with E-state index in [1.807, 2.05) is 44.3 Å². The summed E-state index contributed by atoms with van der Waals surface area (Å²) >= 11 is 0. The van der Waals surface area contributed by atoms with Gasteiger partial charge in [0.25, 0.3) is 0 Å². The van der Waals surface area contributed by atoms with Gasteiger partial charge in [-0.15, -0.1) is 0 Å². The van der Waals surface area contributed by atoms with Crippen LogP contribution in [0.3, 0.4) is 0 Å². The Bertz CT molecular complexity index is 635. The second kappa shape index (κ2) is 8.65. The standard InChI is InChI=1S/C21H28N2O/c1-16(2)20-12-10-19(11-13-20)15-23(4)17(3)21(24)22-14-18-8-6-5-7-9-18/h5-13,16-17H,14-15H2,1-4H3,(H,22,24)/t17-/m0/s1. The number of benzene rings is 2. The molecule has 0 heterocycles. The maximum atomic E-state index is 12.3. The molecule has 0 saturated heterocycles. The van der Waals surface area contributed by atoms with E-state index in [1.165, 1.54) is 11.1 Å². The van der Waals surface area contributed by atoms with Gasteiger partial charge in [-0.3, -0.25) is 9.69 Å². The summed E-state index contributed by atoms with van der Waals surface area (Å²) in [7, 11) is 1.99. The van der Waals surface area contributed by atoms with Crippen LogP contribution in [0.5, 0.6) is 0 Å². The number of hydrogen-bond donors (Lipinski definition) is 1. The number of rotatable bonds is 7. The largest absolute Gasteiger partial charge is 0.351 e. The molecule has 0 aliphatic heterocycles. The van der Waals surface area contributed by atoms with Crippen molar-refractivity contribution in [3.63, 3.8) is 0 Å². The number of nitrogens with zero attached hydrogens (tertiary/aromatic N) is 1. The van der Waals surface area contributed by atoms with Gasteiger partial charge in [-0.1, -0.05) is 68.4 Å². The molecule has 0 saturated carbocycles. The van der Waals surface area contributed by atoms with Gasteiger partial charge in [0.2, 0.25) is 5.91 Å². The van der Waals surface area contributed by atoms with E-state index < -0.39 is 0 Å². The number of likely N-dealkylation sites (N-methyl/N-ethyl adjacent to an activating group) is 1. The quantitative estimate of drug-likeness (QED) is 0.836. The highest BCUT2D eigenvalue weighted by atomic mass is 16.2. The van der Waals surface area contributed by atoms with Crippen molar-refractivity contribution < 1.29 is 4.79 Å². The lowest BCUT2D eigenvalue weighted by Gasteiger charge is -2.24. The fraction of sp³-hybridized carbons (Fsp3) is 0.381. The predicted octanol–water partition coefficient (Wildman–Crippen LogP) is 3.95. The zero-order valence-corrected chi connectivity index (χ0v) is 15.1. The van der Waals surface area contributed by atoms with Crippen LogP contribution in [0.25, 0.3) is 0 Å². The summed E-state index contributed by atoms with van der Waals surface area (Å²) in [6.45, 7) is 7.67. The topological polar surface area (TPSA) is 32.3 Å². The average Bonchev–Trinajstić information content (AvgIpc) is 2.60. The van der Waals surface area contributed by atoms with E-state index in [1.54, 1.807) is 0 Å². The zero-order chi connectivity index (χ0) is 17.5. The number of amides is 1. The Morgan fingerprint density at radius 2 is 1.58 bits per heavy atom. The summed E-state index contributed by atoms with van der Waals surface area (Å²) in [6.07, 6.45) is 0. The van der Waals surface area contributed by atoms with Crippen molar-refractivity contribution in [3.8, 4) is 0 Å². The van der Waals surface area contributed by atoms with Gasteiger partial charge < -0.3 is 5.32 Å². The SMILES string of the molecule is CC(C)c1ccc(CN(C)[C@@H](C)C(=O)NCc2ccccc2)cc1. The summed E-state index contributed by atoms with van der Waals surface area (Å²) in [4.78, 5) is 14.4. The van der Waals surface area contributed by atoms with E-state index in [4.69, 9.17) is 0 Å². The van der Waals surface area contributed by atoms with E-state index in [0.717, 1.165) is 12.1 Å². The first kappa shape index (κ1) is 18.2. The average molecular weight is 324 g/mol. The molecule has 24 heavy (non-hydrogen) atoms. The Morgan fingerprint density at radius 1 is 0.958 bits per heavy atom. The van der Waals surface area contributed by atoms with Crippen molar-refractivity contribution in [2.75, 3.05) is 7.05 Å². The normalized spacial score (nSPS) is 12.4. The van der Waals surface area contributed by atoms with Gasteiger partial charge in [0.1, 0.15) is 0 Å². The van der Waals surface area contributed by atoms with E-state index in [0.29, 0.717) is 12.5 Å². The molecule has 0 unspecified atom stereocenters. The summed E-state index contributed by atoms with van der Waals surface area (Å²) in [5.74, 6) is 0.597. The molecule has 2 aromatic rings. The fourth-order valence-electron chi connectivity index (χ4n) is 2.57. The predicted molar refractivity (Wildman–Crippen MR) is 99.7 cm³/mol. The Balaban J connectivity index is 1.86. The van der Waals surface area contributed by atoms with E-state index in [2.05, 4.69) is 48.3 Å². The molecule has 3 heteroatoms. The van der Waals surface area contributed by atoms with Crippen LogP contribution in [0.4, 0.5) is 0 Å². The highest BCUT2D eigenvalue weighted by Crippen LogP contribution is 2.16. The first-order chi connectivity index (χ1) is 11.5. The molecule has 0 spiro atoms. The minimum Gasteiger partial charge on any atom is -0.351 e. The molecule has 2 aromatic carbocycles. The number of carbonyl (C=O) groups is 1. The number of carbonyl (C=O) groups excluding carboxylic acids is 1. The maximum Gasteiger partial charge on any atom is 0.237 e. The second-order valence-corrected chi connectivity index (χ2v) is 6.69. The lowest BCUT2D eigenvalue weighted by Crippen LogP contribution is -2.42. The highest BCUT2D eigenvalue weighted by Gasteiger charge is 2.17. The molecule has 3 nitrogen and oxygen atoms in total. The first-order valence-electron chi connectivity index (χ1n) is 8.58. The Morgan fingerprint density at radius 3 is 2.17 bits per heavy atom. The number of hydrogen-bond acceptors (Lipinski definition) is 2. The van der Waals surface area contributed by atoms with Crippen LogP contribution in [0.15, 0.2) is 54.6 Å². The summed E-state index contributed by atoms with van der Waals surface area (Å²) in [6, 6.07) is 18.5. The van der Waals surface area contributed by atoms with Gasteiger partial charge in [0.05, 0.1) is 6.04 Å². The molecule has 0 bridgehead atoms. The molecule has 0 aromatic heterocycles. The number of nitrogens with one attached hydrogen (secondary N) is 1. The lowest BCUT2D eigenvalue weighted by molar-refractivity contribution is -0.125. The van der Waals surface area contributed by atoms with Crippen molar-refractivity contribution in [2.24, 2.45) is 0 Å². The molecule has 0 fully saturated rings. The molecule has 0 aliphatic carbocycles. The van der Waals surface area contributed by atoms with Gasteiger partial charge in [0.15, 0.2) is 0 Å². The first-order valence-corrected chi connectivity index (χ1v) is 8.58. The van der Waals surface area contributed by atoms with Crippen molar-refractivity contribution in [3.05, 3.63) is 71.3 Å². The molecule has 1 amide bonds. The van der Waals surface area contributed by atoms with Crippen molar-refractivity contribution in [1.29, 1.82) is 0 Å². The van der Waals surface area contributed by atoms with Crippen molar-refractivity contribution >= 4 is 5.91 Å². The minimum atomic E-state index is -0.168. The van der Waals surface area contributed by atoms with E-state index in [-0.39, 0.29) is 11.9 Å². The second-order valence-electron chi connectivity index (χ2n) is 6.69. The Hall–Kier alpha value is -2.13. The molecule has 0 aliphatic rings. The molecule has 2 rings (SSSR count). The minimum absolute atomic E-state index is 0.0557. The van der Waals surface area contributed by atoms with Crippen LogP contribution in [0, 0.1) is 0 Å². The van der Waals surface area contributed by atoms with Crippen LogP contribution in [0.1, 0.15) is 43.4 Å². The molecule has 128 valence electrons. The third-order valence-corrected chi connectivity index (χ3v) is 4.43. The maximum absolute atomic E-state index is 12.3. The van der Waals surface area contributed by atoms with E-state index >= 15 is 0 Å². The van der Waals surface area contributed by atoms with Gasteiger partial charge >= 0.3 is 0 Å². The zero-order valence-electron chi connectivity index (χ0n) is 15.1. The van der Waals surface area contributed by atoms with Crippen LogP contribution >= 0.6 is 0 Å². The van der Waals surface area contributed by atoms with Gasteiger partial charge in [-0.05, 0) is 36.6 Å².